The van der Waals surface area contributed by atoms with Crippen molar-refractivity contribution in [1.82, 2.24) is 19.5 Å². The molecule has 0 spiro atoms. The van der Waals surface area contributed by atoms with Crippen LogP contribution in [0.15, 0.2) is 53.7 Å². The molecule has 9 nitrogen and oxygen atoms in total. The number of nitrogens with zero attached hydrogens (tertiary/aromatic N) is 3. The number of aryl methyl sites for hydroxylation is 2. The van der Waals surface area contributed by atoms with Crippen LogP contribution in [0.25, 0.3) is 0 Å². The summed E-state index contributed by atoms with van der Waals surface area (Å²) in [5.74, 6) is -0.274. The standard InChI is InChI=1S/C19H21ClN6O3S/c1-12-17(18(20)26(2)25-12)30(28,29)23-11-16(21)13-3-5-14(6-4-13)19(27)24-15-7-9-22-10-8-15/h3-10,16,23H,11,21H2,1-2H3,(H,22,24,27). The Bertz CT molecular complexity index is 1150. The number of nitrogens with one attached hydrogen (secondary N) is 2. The lowest BCUT2D eigenvalue weighted by atomic mass is 10.1. The highest BCUT2D eigenvalue weighted by molar-refractivity contribution is 7.89. The third kappa shape index (κ3) is 4.85. The Morgan fingerprint density at radius 3 is 2.40 bits per heavy atom. The van der Waals surface area contributed by atoms with Crippen LogP contribution in [0.3, 0.4) is 0 Å². The lowest BCUT2D eigenvalue weighted by Gasteiger charge is -2.14. The van der Waals surface area contributed by atoms with E-state index in [0.29, 0.717) is 22.5 Å². The summed E-state index contributed by atoms with van der Waals surface area (Å²) in [6, 6.07) is 9.37. The Hall–Kier alpha value is -2.79. The molecule has 1 atom stereocenters. The zero-order valence-corrected chi connectivity index (χ0v) is 17.9. The Labute approximate surface area is 179 Å². The molecular formula is C19H21ClN6O3S. The van der Waals surface area contributed by atoms with Crippen LogP contribution in [-0.4, -0.2) is 35.6 Å². The Morgan fingerprint density at radius 1 is 1.20 bits per heavy atom. The second-order valence-electron chi connectivity index (χ2n) is 6.60. The van der Waals surface area contributed by atoms with E-state index in [4.69, 9.17) is 17.3 Å². The molecule has 0 saturated carbocycles. The summed E-state index contributed by atoms with van der Waals surface area (Å²) in [6.45, 7) is 1.52. The average Bonchev–Trinajstić information content (AvgIpc) is 2.99. The fourth-order valence-electron chi connectivity index (χ4n) is 2.83. The third-order valence-corrected chi connectivity index (χ3v) is 6.52. The molecule has 30 heavy (non-hydrogen) atoms. The van der Waals surface area contributed by atoms with Gasteiger partial charge < -0.3 is 11.1 Å². The zero-order chi connectivity index (χ0) is 21.9. The first-order valence-electron chi connectivity index (χ1n) is 8.94. The molecule has 1 aromatic carbocycles. The van der Waals surface area contributed by atoms with Crippen LogP contribution in [0.2, 0.25) is 5.15 Å². The molecule has 2 heterocycles. The first-order valence-corrected chi connectivity index (χ1v) is 10.8. The van der Waals surface area contributed by atoms with Gasteiger partial charge in [-0.25, -0.2) is 13.1 Å². The van der Waals surface area contributed by atoms with Gasteiger partial charge in [0.05, 0.1) is 5.69 Å². The van der Waals surface area contributed by atoms with E-state index in [1.165, 1.54) is 4.68 Å². The minimum atomic E-state index is -3.87. The Balaban J connectivity index is 1.64. The van der Waals surface area contributed by atoms with Crippen LogP contribution in [0, 0.1) is 6.92 Å². The lowest BCUT2D eigenvalue weighted by molar-refractivity contribution is 0.102. The topological polar surface area (TPSA) is 132 Å². The number of carbonyl (C=O) groups is 1. The van der Waals surface area contributed by atoms with Crippen molar-refractivity contribution < 1.29 is 13.2 Å². The Kier molecular flexibility index (Phi) is 6.52. The molecule has 158 valence electrons. The monoisotopic (exact) mass is 448 g/mol. The highest BCUT2D eigenvalue weighted by Crippen LogP contribution is 2.24. The Morgan fingerprint density at radius 2 is 1.83 bits per heavy atom. The highest BCUT2D eigenvalue weighted by atomic mass is 35.5. The van der Waals surface area contributed by atoms with E-state index in [1.54, 1.807) is 62.8 Å². The molecule has 0 aliphatic heterocycles. The molecule has 3 rings (SSSR count). The van der Waals surface area contributed by atoms with Gasteiger partial charge in [-0.15, -0.1) is 0 Å². The predicted octanol–water partition coefficient (Wildman–Crippen LogP) is 2.01. The van der Waals surface area contributed by atoms with Crippen molar-refractivity contribution in [2.45, 2.75) is 17.9 Å². The van der Waals surface area contributed by atoms with Gasteiger partial charge in [-0.2, -0.15) is 5.10 Å². The molecule has 0 fully saturated rings. The maximum Gasteiger partial charge on any atom is 0.255 e. The molecule has 4 N–H and O–H groups in total. The van der Waals surface area contributed by atoms with Crippen LogP contribution in [-0.2, 0) is 17.1 Å². The van der Waals surface area contributed by atoms with Gasteiger partial charge in [0.1, 0.15) is 10.0 Å². The SMILES string of the molecule is Cc1nn(C)c(Cl)c1S(=O)(=O)NCC(N)c1ccc(C(=O)Nc2ccncc2)cc1. The van der Waals surface area contributed by atoms with E-state index in [1.807, 2.05) is 0 Å². The number of amides is 1. The largest absolute Gasteiger partial charge is 0.323 e. The van der Waals surface area contributed by atoms with Crippen LogP contribution in [0.1, 0.15) is 27.7 Å². The second kappa shape index (κ2) is 8.92. The summed E-state index contributed by atoms with van der Waals surface area (Å²) >= 11 is 6.04. The normalized spacial score (nSPS) is 12.5. The molecule has 2 aromatic heterocycles. The number of pyridine rings is 1. The molecule has 0 aliphatic rings. The highest BCUT2D eigenvalue weighted by Gasteiger charge is 2.25. The van der Waals surface area contributed by atoms with Crippen molar-refractivity contribution in [3.8, 4) is 0 Å². The van der Waals surface area contributed by atoms with Crippen molar-refractivity contribution in [2.75, 3.05) is 11.9 Å². The van der Waals surface area contributed by atoms with E-state index in [9.17, 15) is 13.2 Å². The molecule has 0 saturated heterocycles. The first-order chi connectivity index (χ1) is 14.2. The van der Waals surface area contributed by atoms with Crippen LogP contribution in [0.5, 0.6) is 0 Å². The third-order valence-electron chi connectivity index (χ3n) is 4.40. The van der Waals surface area contributed by atoms with Crippen molar-refractivity contribution in [1.29, 1.82) is 0 Å². The van der Waals surface area contributed by atoms with Gasteiger partial charge in [-0.3, -0.25) is 14.5 Å². The maximum atomic E-state index is 12.6. The van der Waals surface area contributed by atoms with Crippen molar-refractivity contribution in [3.05, 3.63) is 70.8 Å². The summed E-state index contributed by atoms with van der Waals surface area (Å²) in [5.41, 5.74) is 8.17. The van der Waals surface area contributed by atoms with E-state index >= 15 is 0 Å². The van der Waals surface area contributed by atoms with Crippen molar-refractivity contribution in [2.24, 2.45) is 12.8 Å². The van der Waals surface area contributed by atoms with E-state index in [0.717, 1.165) is 0 Å². The van der Waals surface area contributed by atoms with Crippen LogP contribution >= 0.6 is 11.6 Å². The van der Waals surface area contributed by atoms with Gasteiger partial charge in [0.2, 0.25) is 10.0 Å². The number of carbonyl (C=O) groups excluding carboxylic acids is 1. The molecule has 11 heteroatoms. The number of hydrogen-bond acceptors (Lipinski definition) is 6. The number of nitrogens with two attached hydrogens (primary N) is 1. The van der Waals surface area contributed by atoms with E-state index < -0.39 is 16.1 Å². The second-order valence-corrected chi connectivity index (χ2v) is 8.66. The molecule has 1 amide bonds. The van der Waals surface area contributed by atoms with E-state index in [-0.39, 0.29) is 22.5 Å². The van der Waals surface area contributed by atoms with Gasteiger partial charge in [-0.1, -0.05) is 23.7 Å². The fourth-order valence-corrected chi connectivity index (χ4v) is 4.63. The summed E-state index contributed by atoms with van der Waals surface area (Å²) in [4.78, 5) is 16.1. The summed E-state index contributed by atoms with van der Waals surface area (Å²) < 4.78 is 28.9. The zero-order valence-electron chi connectivity index (χ0n) is 16.3. The smallest absolute Gasteiger partial charge is 0.255 e. The number of sulfonamides is 1. The lowest BCUT2D eigenvalue weighted by Crippen LogP contribution is -2.32. The molecule has 3 aromatic rings. The number of halogens is 1. The minimum Gasteiger partial charge on any atom is -0.323 e. The summed E-state index contributed by atoms with van der Waals surface area (Å²) in [5, 5.41) is 6.80. The van der Waals surface area contributed by atoms with Gasteiger partial charge >= 0.3 is 0 Å². The van der Waals surface area contributed by atoms with Crippen molar-refractivity contribution >= 4 is 33.2 Å². The number of hydrogen-bond donors (Lipinski definition) is 3. The number of benzene rings is 1. The summed E-state index contributed by atoms with van der Waals surface area (Å²) in [7, 11) is -2.31. The average molecular weight is 449 g/mol. The minimum absolute atomic E-state index is 0.0261. The van der Waals surface area contributed by atoms with Gasteiger partial charge in [-0.05, 0) is 36.8 Å². The van der Waals surface area contributed by atoms with Gasteiger partial charge in [0.25, 0.3) is 5.91 Å². The van der Waals surface area contributed by atoms with Gasteiger partial charge in [0, 0.05) is 43.3 Å². The first kappa shape index (κ1) is 21.9. The van der Waals surface area contributed by atoms with Crippen molar-refractivity contribution in [3.63, 3.8) is 0 Å². The van der Waals surface area contributed by atoms with Crippen LogP contribution < -0.4 is 15.8 Å². The molecule has 0 radical (unpaired) electrons. The predicted molar refractivity (Wildman–Crippen MR) is 114 cm³/mol. The van der Waals surface area contributed by atoms with Gasteiger partial charge in [0.15, 0.2) is 0 Å². The quantitative estimate of drug-likeness (QED) is 0.506. The molecular weight excluding hydrogens is 428 g/mol. The van der Waals surface area contributed by atoms with Crippen LogP contribution in [0.4, 0.5) is 5.69 Å². The number of anilines is 1. The number of rotatable bonds is 7. The van der Waals surface area contributed by atoms with E-state index in [2.05, 4.69) is 20.1 Å². The molecule has 0 aliphatic carbocycles. The molecule has 0 bridgehead atoms. The molecule has 1 unspecified atom stereocenters. The maximum absolute atomic E-state index is 12.6. The summed E-state index contributed by atoms with van der Waals surface area (Å²) in [6.07, 6.45) is 3.16. The number of aromatic nitrogens is 3. The fraction of sp³-hybridized carbons (Fsp3) is 0.211.